The zero-order valence-electron chi connectivity index (χ0n) is 2.59. The van der Waals surface area contributed by atoms with E-state index >= 15 is 0 Å². The first-order valence-corrected chi connectivity index (χ1v) is 1.13. The molecular formula is C2H4NO2. The smallest absolute Gasteiger partial charge is 0.230 e. The summed E-state index contributed by atoms with van der Waals surface area (Å²) in [5.74, 6) is 0. The third-order valence-electron chi connectivity index (χ3n) is 0.156. The molecule has 3 heteroatoms. The lowest BCUT2D eigenvalue weighted by atomic mass is 11.2. The SMILES string of the molecule is O=C[N]CO. The molecule has 0 saturated heterocycles. The molecule has 0 aromatic carbocycles. The van der Waals surface area contributed by atoms with Gasteiger partial charge in [-0.15, -0.1) is 0 Å². The summed E-state index contributed by atoms with van der Waals surface area (Å²) < 4.78 is 0. The van der Waals surface area contributed by atoms with E-state index in [-0.39, 0.29) is 0 Å². The van der Waals surface area contributed by atoms with E-state index in [4.69, 9.17) is 9.90 Å². The number of amides is 1. The molecule has 0 aromatic heterocycles. The summed E-state index contributed by atoms with van der Waals surface area (Å²) in [5, 5.41) is 10.5. The largest absolute Gasteiger partial charge is 0.374 e. The second-order valence-electron chi connectivity index (χ2n) is 0.429. The molecule has 1 radical (unpaired) electrons. The highest BCUT2D eigenvalue weighted by molar-refractivity contribution is 5.44. The molecule has 0 aliphatic rings. The molecule has 0 fully saturated rings. The van der Waals surface area contributed by atoms with Crippen molar-refractivity contribution in [3.8, 4) is 0 Å². The van der Waals surface area contributed by atoms with Crippen molar-refractivity contribution in [1.82, 2.24) is 5.32 Å². The van der Waals surface area contributed by atoms with Gasteiger partial charge in [-0.05, 0) is 0 Å². The molecule has 0 unspecified atom stereocenters. The molecule has 0 spiro atoms. The molecule has 0 heterocycles. The van der Waals surface area contributed by atoms with Crippen LogP contribution in [0, 0.1) is 0 Å². The molecule has 0 aromatic rings. The van der Waals surface area contributed by atoms with Crippen LogP contribution in [-0.4, -0.2) is 18.2 Å². The van der Waals surface area contributed by atoms with Gasteiger partial charge in [-0.25, -0.2) is 5.32 Å². The Morgan fingerprint density at radius 2 is 2.60 bits per heavy atom. The lowest BCUT2D eigenvalue weighted by Crippen LogP contribution is -2.00. The number of aliphatic hydroxyl groups is 1. The number of carbonyl (C=O) groups excluding carboxylic acids is 1. The number of hydrogen-bond acceptors (Lipinski definition) is 2. The molecule has 0 saturated carbocycles. The maximum absolute atomic E-state index is 9.08. The van der Waals surface area contributed by atoms with Gasteiger partial charge in [0.05, 0.1) is 0 Å². The van der Waals surface area contributed by atoms with Gasteiger partial charge in [0.2, 0.25) is 6.41 Å². The topological polar surface area (TPSA) is 51.4 Å². The number of aliphatic hydroxyl groups excluding tert-OH is 1. The van der Waals surface area contributed by atoms with Crippen molar-refractivity contribution in [3.05, 3.63) is 0 Å². The summed E-state index contributed by atoms with van der Waals surface area (Å²) in [6.07, 6.45) is 0.306. The molecule has 5 heavy (non-hydrogen) atoms. The first kappa shape index (κ1) is 4.43. The van der Waals surface area contributed by atoms with Gasteiger partial charge in [0, 0.05) is 0 Å². The predicted octanol–water partition coefficient (Wildman–Crippen LogP) is -1.30. The van der Waals surface area contributed by atoms with Gasteiger partial charge in [0.1, 0.15) is 6.73 Å². The van der Waals surface area contributed by atoms with Crippen LogP contribution >= 0.6 is 0 Å². The maximum atomic E-state index is 9.08. The summed E-state index contributed by atoms with van der Waals surface area (Å²) in [7, 11) is 0. The molecule has 29 valence electrons. The summed E-state index contributed by atoms with van der Waals surface area (Å²) in [6.45, 7) is -0.399. The Hall–Kier alpha value is -0.570. The predicted molar refractivity (Wildman–Crippen MR) is 15.3 cm³/mol. The van der Waals surface area contributed by atoms with E-state index in [1.165, 1.54) is 0 Å². The average Bonchev–Trinajstić information content (AvgIpc) is 1.41. The first-order chi connectivity index (χ1) is 2.41. The fourth-order valence-electron chi connectivity index (χ4n) is 0.0333. The molecule has 1 amide bonds. The molecule has 1 N–H and O–H groups in total. The fourth-order valence-corrected chi connectivity index (χ4v) is 0.0333. The third kappa shape index (κ3) is 3.43. The highest BCUT2D eigenvalue weighted by atomic mass is 16.3. The highest BCUT2D eigenvalue weighted by Crippen LogP contribution is 1.35. The Balaban J connectivity index is 2.40. The molecule has 0 aliphatic carbocycles. The summed E-state index contributed by atoms with van der Waals surface area (Å²) in [5.41, 5.74) is 0. The highest BCUT2D eigenvalue weighted by Gasteiger charge is 1.64. The molecule has 0 rings (SSSR count). The summed E-state index contributed by atoms with van der Waals surface area (Å²) >= 11 is 0. The van der Waals surface area contributed by atoms with Crippen LogP contribution in [0.4, 0.5) is 0 Å². The van der Waals surface area contributed by atoms with Crippen molar-refractivity contribution in [3.63, 3.8) is 0 Å². The van der Waals surface area contributed by atoms with E-state index in [1.807, 2.05) is 0 Å². The number of hydrogen-bond donors (Lipinski definition) is 1. The van der Waals surface area contributed by atoms with Gasteiger partial charge in [-0.3, -0.25) is 4.79 Å². The second-order valence-corrected chi connectivity index (χ2v) is 0.429. The van der Waals surface area contributed by atoms with E-state index in [2.05, 4.69) is 5.32 Å². The molecule has 0 atom stereocenters. The Morgan fingerprint density at radius 1 is 2.00 bits per heavy atom. The maximum Gasteiger partial charge on any atom is 0.230 e. The standard InChI is InChI=1S/C2H4NO2/c4-1-3-2-5/h1,5H,2H2. The Labute approximate surface area is 29.6 Å². The molecule has 0 bridgehead atoms. The van der Waals surface area contributed by atoms with Crippen LogP contribution in [0.15, 0.2) is 0 Å². The number of rotatable bonds is 2. The van der Waals surface area contributed by atoms with E-state index < -0.39 is 6.73 Å². The third-order valence-corrected chi connectivity index (χ3v) is 0.156. The first-order valence-electron chi connectivity index (χ1n) is 1.13. The number of nitrogens with zero attached hydrogens (tertiary/aromatic N) is 1. The van der Waals surface area contributed by atoms with Crippen LogP contribution < -0.4 is 5.32 Å². The second kappa shape index (κ2) is 3.43. The average molecular weight is 74.1 g/mol. The Kier molecular flexibility index (Phi) is 3.04. The molecular weight excluding hydrogens is 70.0 g/mol. The van der Waals surface area contributed by atoms with Gasteiger partial charge in [-0.2, -0.15) is 0 Å². The van der Waals surface area contributed by atoms with Crippen molar-refractivity contribution in [2.75, 3.05) is 6.73 Å². The van der Waals surface area contributed by atoms with Crippen molar-refractivity contribution in [2.45, 2.75) is 0 Å². The lowest BCUT2D eigenvalue weighted by molar-refractivity contribution is -0.110. The summed E-state index contributed by atoms with van der Waals surface area (Å²) in [4.78, 5) is 9.08. The Bertz CT molecular complexity index is 28.8. The molecule has 0 aliphatic heterocycles. The molecule has 3 nitrogen and oxygen atoms in total. The van der Waals surface area contributed by atoms with Crippen LogP contribution in [0.25, 0.3) is 0 Å². The van der Waals surface area contributed by atoms with Crippen molar-refractivity contribution >= 4 is 6.41 Å². The van der Waals surface area contributed by atoms with Gasteiger partial charge >= 0.3 is 0 Å². The van der Waals surface area contributed by atoms with E-state index in [9.17, 15) is 0 Å². The monoisotopic (exact) mass is 74.0 g/mol. The van der Waals surface area contributed by atoms with E-state index in [0.717, 1.165) is 0 Å². The summed E-state index contributed by atoms with van der Waals surface area (Å²) in [6, 6.07) is 0. The minimum absolute atomic E-state index is 0.306. The van der Waals surface area contributed by atoms with Crippen LogP contribution in [-0.2, 0) is 4.79 Å². The van der Waals surface area contributed by atoms with E-state index in [1.54, 1.807) is 0 Å². The van der Waals surface area contributed by atoms with E-state index in [0.29, 0.717) is 6.41 Å². The zero-order chi connectivity index (χ0) is 4.12. The minimum atomic E-state index is -0.399. The van der Waals surface area contributed by atoms with Gasteiger partial charge in [0.25, 0.3) is 0 Å². The van der Waals surface area contributed by atoms with Crippen molar-refractivity contribution < 1.29 is 9.90 Å². The van der Waals surface area contributed by atoms with Crippen molar-refractivity contribution in [1.29, 1.82) is 0 Å². The fraction of sp³-hybridized carbons (Fsp3) is 0.500. The van der Waals surface area contributed by atoms with Crippen LogP contribution in [0.3, 0.4) is 0 Å². The van der Waals surface area contributed by atoms with Gasteiger partial charge in [-0.1, -0.05) is 0 Å². The van der Waals surface area contributed by atoms with Crippen molar-refractivity contribution in [2.24, 2.45) is 0 Å². The Morgan fingerprint density at radius 3 is 2.60 bits per heavy atom. The van der Waals surface area contributed by atoms with Gasteiger partial charge in [0.15, 0.2) is 0 Å². The van der Waals surface area contributed by atoms with Gasteiger partial charge < -0.3 is 5.11 Å². The quantitative estimate of drug-likeness (QED) is 0.414. The lowest BCUT2D eigenvalue weighted by Gasteiger charge is -1.73. The number of carbonyl (C=O) groups is 1. The minimum Gasteiger partial charge on any atom is -0.374 e. The normalized spacial score (nSPS) is 6.60. The van der Waals surface area contributed by atoms with Crippen LogP contribution in [0.5, 0.6) is 0 Å². The zero-order valence-corrected chi connectivity index (χ0v) is 2.59. The van der Waals surface area contributed by atoms with Crippen LogP contribution in [0.1, 0.15) is 0 Å². The van der Waals surface area contributed by atoms with Crippen LogP contribution in [0.2, 0.25) is 0 Å².